The van der Waals surface area contributed by atoms with E-state index in [0.29, 0.717) is 16.7 Å². The highest BCUT2D eigenvalue weighted by molar-refractivity contribution is 6.09. The first kappa shape index (κ1) is 29.0. The van der Waals surface area contributed by atoms with E-state index in [9.17, 15) is 19.2 Å². The van der Waals surface area contributed by atoms with E-state index in [0.717, 1.165) is 0 Å². The molecule has 0 aromatic heterocycles. The van der Waals surface area contributed by atoms with Gasteiger partial charge in [-0.2, -0.15) is 0 Å². The average molecular weight is 522 g/mol. The summed E-state index contributed by atoms with van der Waals surface area (Å²) in [6.45, 7) is 14.1. The molecular formula is C31H37O7+. The standard InChI is InChI=1S/C31H37O7/c1-19(21-14-11-15-22(16-21)26(32)20-12-9-8-10-13-20)27(33)36-23-17-24(28(34)37-30(2,3)4)25(18-23)29(35)38-31(5,6)7/h8-16,19,23-25H,2,17-18H2,1,3-7H3/q+1/t19-,23-,24-,25?/m1/s1. The second-order valence-corrected chi connectivity index (χ2v) is 11.5. The molecule has 0 radical (unpaired) electrons. The maximum Gasteiger partial charge on any atom is 0.313 e. The topological polar surface area (TPSA) is 96.0 Å². The van der Waals surface area contributed by atoms with Crippen LogP contribution in [0.1, 0.15) is 81.8 Å². The first-order valence-corrected chi connectivity index (χ1v) is 12.9. The van der Waals surface area contributed by atoms with Crippen LogP contribution in [0.25, 0.3) is 0 Å². The third-order valence-corrected chi connectivity index (χ3v) is 6.23. The molecule has 1 aliphatic carbocycles. The molecule has 0 aliphatic heterocycles. The number of hydrogen-bond acceptors (Lipinski definition) is 7. The Bertz CT molecular complexity index is 1130. The molecule has 4 atom stereocenters. The lowest BCUT2D eigenvalue weighted by atomic mass is 9.95. The van der Waals surface area contributed by atoms with Crippen molar-refractivity contribution in [3.8, 4) is 0 Å². The zero-order chi connectivity index (χ0) is 28.3. The molecule has 38 heavy (non-hydrogen) atoms. The van der Waals surface area contributed by atoms with Gasteiger partial charge in [0.1, 0.15) is 18.6 Å². The predicted molar refractivity (Wildman–Crippen MR) is 142 cm³/mol. The molecule has 0 amide bonds. The number of carbonyl (C=O) groups is 4. The Kier molecular flexibility index (Phi) is 8.70. The Labute approximate surface area is 224 Å². The fourth-order valence-electron chi connectivity index (χ4n) is 4.44. The minimum Gasteiger partial charge on any atom is -0.462 e. The van der Waals surface area contributed by atoms with Gasteiger partial charge in [0.05, 0.1) is 17.8 Å². The molecule has 1 unspecified atom stereocenters. The fraction of sp³-hybridized carbons (Fsp3) is 0.452. The number of carbonyl (C=O) groups excluding carboxylic acids is 4. The molecule has 1 fully saturated rings. The van der Waals surface area contributed by atoms with Crippen LogP contribution >= 0.6 is 0 Å². The summed E-state index contributed by atoms with van der Waals surface area (Å²) in [5.74, 6) is -4.02. The average Bonchev–Trinajstić information content (AvgIpc) is 3.26. The molecule has 0 N–H and O–H groups in total. The van der Waals surface area contributed by atoms with Gasteiger partial charge in [-0.15, -0.1) is 0 Å². The van der Waals surface area contributed by atoms with Crippen molar-refractivity contribution >= 4 is 23.7 Å². The van der Waals surface area contributed by atoms with Crippen LogP contribution < -0.4 is 0 Å². The van der Waals surface area contributed by atoms with Crippen molar-refractivity contribution in [3.63, 3.8) is 0 Å². The quantitative estimate of drug-likeness (QED) is 0.197. The van der Waals surface area contributed by atoms with Crippen molar-refractivity contribution in [2.75, 3.05) is 0 Å². The highest BCUT2D eigenvalue weighted by atomic mass is 16.6. The lowest BCUT2D eigenvalue weighted by Crippen LogP contribution is -2.36. The zero-order valence-electron chi connectivity index (χ0n) is 23.0. The van der Waals surface area contributed by atoms with Crippen molar-refractivity contribution in [3.05, 3.63) is 78.2 Å². The number of ketones is 1. The van der Waals surface area contributed by atoms with Crippen LogP contribution in [0, 0.1) is 18.8 Å². The summed E-state index contributed by atoms with van der Waals surface area (Å²) < 4.78 is 16.8. The van der Waals surface area contributed by atoms with Gasteiger partial charge in [0.2, 0.25) is 5.60 Å². The summed E-state index contributed by atoms with van der Waals surface area (Å²) in [6, 6.07) is 15.8. The zero-order valence-corrected chi connectivity index (χ0v) is 23.0. The molecule has 2 aromatic carbocycles. The first-order valence-electron chi connectivity index (χ1n) is 12.9. The highest BCUT2D eigenvalue weighted by Crippen LogP contribution is 2.38. The van der Waals surface area contributed by atoms with E-state index < -0.39 is 53.0 Å². The maximum absolute atomic E-state index is 13.1. The van der Waals surface area contributed by atoms with Gasteiger partial charge in [-0.1, -0.05) is 48.5 Å². The summed E-state index contributed by atoms with van der Waals surface area (Å²) in [6.07, 6.45) is -0.372. The molecule has 0 heterocycles. The first-order chi connectivity index (χ1) is 17.6. The summed E-state index contributed by atoms with van der Waals surface area (Å²) in [5, 5.41) is 0. The molecule has 3 rings (SSSR count). The van der Waals surface area contributed by atoms with Crippen molar-refractivity contribution in [1.82, 2.24) is 0 Å². The minimum absolute atomic E-state index is 0.140. The lowest BCUT2D eigenvalue weighted by molar-refractivity contribution is -0.170. The van der Waals surface area contributed by atoms with Gasteiger partial charge in [-0.3, -0.25) is 19.2 Å². The normalized spacial score (nSPS) is 20.3. The molecule has 202 valence electrons. The van der Waals surface area contributed by atoms with Crippen molar-refractivity contribution in [1.29, 1.82) is 0 Å². The minimum atomic E-state index is -0.971. The Morgan fingerprint density at radius 2 is 1.37 bits per heavy atom. The van der Waals surface area contributed by atoms with E-state index in [1.165, 1.54) is 0 Å². The third-order valence-electron chi connectivity index (χ3n) is 6.23. The van der Waals surface area contributed by atoms with Gasteiger partial charge >= 0.3 is 17.9 Å². The Hall–Kier alpha value is -3.61. The number of hydrogen-bond donors (Lipinski definition) is 0. The van der Waals surface area contributed by atoms with Crippen LogP contribution in [0.3, 0.4) is 0 Å². The Morgan fingerprint density at radius 1 is 0.816 bits per heavy atom. The number of rotatable bonds is 8. The fourth-order valence-corrected chi connectivity index (χ4v) is 4.44. The second kappa shape index (κ2) is 11.4. The smallest absolute Gasteiger partial charge is 0.313 e. The SMILES string of the molecule is [CH2+]C(C)(C)OC(=O)[C@@H]1C[C@@H](OC(=O)[C@H](C)c2cccc(C(=O)c3ccccc3)c2)CC1C(=O)OC(C)(C)C. The second-order valence-electron chi connectivity index (χ2n) is 11.5. The molecular weight excluding hydrogens is 484 g/mol. The summed E-state index contributed by atoms with van der Waals surface area (Å²) in [4.78, 5) is 51.8. The van der Waals surface area contributed by atoms with E-state index in [1.54, 1.807) is 90.1 Å². The van der Waals surface area contributed by atoms with Gasteiger partial charge in [-0.25, -0.2) is 0 Å². The molecule has 0 saturated heterocycles. The van der Waals surface area contributed by atoms with Gasteiger partial charge < -0.3 is 14.2 Å². The molecule has 0 spiro atoms. The van der Waals surface area contributed by atoms with Crippen LogP contribution in [-0.2, 0) is 28.6 Å². The van der Waals surface area contributed by atoms with Crippen molar-refractivity contribution < 1.29 is 33.4 Å². The molecule has 0 bridgehead atoms. The van der Waals surface area contributed by atoms with Crippen LogP contribution in [-0.4, -0.2) is 41.0 Å². The Morgan fingerprint density at radius 3 is 1.92 bits per heavy atom. The summed E-state index contributed by atoms with van der Waals surface area (Å²) >= 11 is 0. The lowest BCUT2D eigenvalue weighted by Gasteiger charge is -2.25. The monoisotopic (exact) mass is 521 g/mol. The molecule has 7 nitrogen and oxygen atoms in total. The van der Waals surface area contributed by atoms with Crippen LogP contribution in [0.2, 0.25) is 0 Å². The molecule has 1 aliphatic rings. The van der Waals surface area contributed by atoms with E-state index in [4.69, 9.17) is 14.2 Å². The third kappa shape index (κ3) is 7.70. The van der Waals surface area contributed by atoms with Crippen molar-refractivity contribution in [2.45, 2.75) is 77.6 Å². The number of benzene rings is 2. The summed E-state index contributed by atoms with van der Waals surface area (Å²) in [7, 11) is 0. The molecule has 7 heteroatoms. The van der Waals surface area contributed by atoms with E-state index >= 15 is 0 Å². The van der Waals surface area contributed by atoms with E-state index in [-0.39, 0.29) is 18.6 Å². The Balaban J connectivity index is 1.73. The molecule has 1 saturated carbocycles. The van der Waals surface area contributed by atoms with Gasteiger partial charge in [0.15, 0.2) is 5.78 Å². The maximum atomic E-state index is 13.1. The van der Waals surface area contributed by atoms with Crippen LogP contribution in [0.15, 0.2) is 54.6 Å². The molecule has 2 aromatic rings. The van der Waals surface area contributed by atoms with Crippen molar-refractivity contribution in [2.24, 2.45) is 11.8 Å². The van der Waals surface area contributed by atoms with Gasteiger partial charge in [-0.05, 0) is 52.2 Å². The van der Waals surface area contributed by atoms with Crippen LogP contribution in [0.5, 0.6) is 0 Å². The van der Waals surface area contributed by atoms with Crippen LogP contribution in [0.4, 0.5) is 0 Å². The number of esters is 3. The van der Waals surface area contributed by atoms with E-state index in [2.05, 4.69) is 6.92 Å². The number of ether oxygens (including phenoxy) is 3. The summed E-state index contributed by atoms with van der Waals surface area (Å²) in [5.41, 5.74) is -0.0441. The highest BCUT2D eigenvalue weighted by Gasteiger charge is 2.48. The van der Waals surface area contributed by atoms with Gasteiger partial charge in [0, 0.05) is 25.0 Å². The predicted octanol–water partition coefficient (Wildman–Crippen LogP) is 5.46. The van der Waals surface area contributed by atoms with Gasteiger partial charge in [0.25, 0.3) is 0 Å². The largest absolute Gasteiger partial charge is 0.462 e. The van der Waals surface area contributed by atoms with E-state index in [1.807, 2.05) is 6.07 Å².